The van der Waals surface area contributed by atoms with E-state index in [-0.39, 0.29) is 5.60 Å². The van der Waals surface area contributed by atoms with Crippen molar-refractivity contribution in [1.82, 2.24) is 9.97 Å². The Kier molecular flexibility index (Phi) is 5.35. The van der Waals surface area contributed by atoms with Crippen LogP contribution >= 0.6 is 0 Å². The Morgan fingerprint density at radius 1 is 1.24 bits per heavy atom. The first kappa shape index (κ1) is 13.9. The Morgan fingerprint density at radius 3 is 2.53 bits per heavy atom. The standard InChI is InChI=1S/C13H23N3O/c1-5-7-14-12-9-15-11(8-16-12)10-17-13(3,4)6-2/h8-9H,5-7,10H2,1-4H3,(H,14,16). The SMILES string of the molecule is CCCNc1cnc(COC(C)(C)CC)cn1. The Hall–Kier alpha value is -1.16. The molecule has 0 aliphatic carbocycles. The van der Waals surface area contributed by atoms with E-state index in [4.69, 9.17) is 4.74 Å². The maximum atomic E-state index is 5.76. The molecule has 96 valence electrons. The highest BCUT2D eigenvalue weighted by Gasteiger charge is 2.15. The van der Waals surface area contributed by atoms with Crippen LogP contribution in [0.2, 0.25) is 0 Å². The lowest BCUT2D eigenvalue weighted by molar-refractivity contribution is -0.0331. The van der Waals surface area contributed by atoms with Crippen molar-refractivity contribution >= 4 is 5.82 Å². The minimum absolute atomic E-state index is 0.0964. The van der Waals surface area contributed by atoms with Gasteiger partial charge < -0.3 is 10.1 Å². The molecule has 17 heavy (non-hydrogen) atoms. The second kappa shape index (κ2) is 6.55. The fourth-order valence-corrected chi connectivity index (χ4v) is 1.15. The van der Waals surface area contributed by atoms with Crippen molar-refractivity contribution in [1.29, 1.82) is 0 Å². The molecule has 0 aliphatic rings. The number of nitrogens with zero attached hydrogens (tertiary/aromatic N) is 2. The van der Waals surface area contributed by atoms with Gasteiger partial charge in [-0.15, -0.1) is 0 Å². The van der Waals surface area contributed by atoms with Crippen molar-refractivity contribution in [3.63, 3.8) is 0 Å². The highest BCUT2D eigenvalue weighted by atomic mass is 16.5. The third-order valence-corrected chi connectivity index (χ3v) is 2.72. The van der Waals surface area contributed by atoms with Crippen LogP contribution in [0.5, 0.6) is 0 Å². The summed E-state index contributed by atoms with van der Waals surface area (Å²) in [6, 6.07) is 0. The molecule has 0 fully saturated rings. The molecule has 0 saturated heterocycles. The van der Waals surface area contributed by atoms with Crippen LogP contribution in [0.15, 0.2) is 12.4 Å². The fraction of sp³-hybridized carbons (Fsp3) is 0.692. The molecule has 0 bridgehead atoms. The largest absolute Gasteiger partial charge is 0.369 e. The molecule has 1 heterocycles. The highest BCUT2D eigenvalue weighted by molar-refractivity contribution is 5.30. The summed E-state index contributed by atoms with van der Waals surface area (Å²) in [7, 11) is 0. The Morgan fingerprint density at radius 2 is 2.00 bits per heavy atom. The molecule has 1 aromatic rings. The molecule has 4 heteroatoms. The number of ether oxygens (including phenoxy) is 1. The van der Waals surface area contributed by atoms with Gasteiger partial charge >= 0.3 is 0 Å². The first-order valence-electron chi connectivity index (χ1n) is 6.26. The summed E-state index contributed by atoms with van der Waals surface area (Å²) in [6.07, 6.45) is 5.59. The fourth-order valence-electron chi connectivity index (χ4n) is 1.15. The van der Waals surface area contributed by atoms with Crippen LogP contribution in [0.4, 0.5) is 5.82 Å². The van der Waals surface area contributed by atoms with Gasteiger partial charge in [0.1, 0.15) is 5.82 Å². The molecule has 0 spiro atoms. The maximum Gasteiger partial charge on any atom is 0.144 e. The number of aromatic nitrogens is 2. The topological polar surface area (TPSA) is 47.0 Å². The molecule has 0 aliphatic heterocycles. The van der Waals surface area contributed by atoms with E-state index in [1.54, 1.807) is 12.4 Å². The second-order valence-corrected chi connectivity index (χ2v) is 4.72. The molecule has 0 aromatic carbocycles. The smallest absolute Gasteiger partial charge is 0.144 e. The van der Waals surface area contributed by atoms with Gasteiger partial charge in [-0.2, -0.15) is 0 Å². The summed E-state index contributed by atoms with van der Waals surface area (Å²) >= 11 is 0. The average molecular weight is 237 g/mol. The number of anilines is 1. The van der Waals surface area contributed by atoms with Gasteiger partial charge in [0.05, 0.1) is 30.3 Å². The quantitative estimate of drug-likeness (QED) is 0.792. The average Bonchev–Trinajstić information content (AvgIpc) is 2.35. The van der Waals surface area contributed by atoms with Gasteiger partial charge in [-0.1, -0.05) is 13.8 Å². The summed E-state index contributed by atoms with van der Waals surface area (Å²) < 4.78 is 5.76. The number of hydrogen-bond donors (Lipinski definition) is 1. The molecule has 0 atom stereocenters. The van der Waals surface area contributed by atoms with E-state index in [0.29, 0.717) is 6.61 Å². The van der Waals surface area contributed by atoms with Crippen LogP contribution in [0.1, 0.15) is 46.2 Å². The lowest BCUT2D eigenvalue weighted by Crippen LogP contribution is -2.23. The molecule has 0 radical (unpaired) electrons. The molecule has 4 nitrogen and oxygen atoms in total. The van der Waals surface area contributed by atoms with Crippen LogP contribution in [0.25, 0.3) is 0 Å². The predicted octanol–water partition coefficient (Wildman–Crippen LogP) is 3.00. The summed E-state index contributed by atoms with van der Waals surface area (Å²) in [5.41, 5.74) is 0.773. The molecule has 0 amide bonds. The van der Waals surface area contributed by atoms with Gasteiger partial charge in [0.15, 0.2) is 0 Å². The van der Waals surface area contributed by atoms with E-state index in [2.05, 4.69) is 43.0 Å². The Bertz CT molecular complexity index is 322. The van der Waals surface area contributed by atoms with Crippen molar-refractivity contribution < 1.29 is 4.74 Å². The van der Waals surface area contributed by atoms with Gasteiger partial charge in [-0.3, -0.25) is 4.98 Å². The van der Waals surface area contributed by atoms with Crippen LogP contribution in [-0.2, 0) is 11.3 Å². The zero-order valence-electron chi connectivity index (χ0n) is 11.3. The molecule has 1 N–H and O–H groups in total. The van der Waals surface area contributed by atoms with Gasteiger partial charge in [0.2, 0.25) is 0 Å². The summed E-state index contributed by atoms with van der Waals surface area (Å²) in [6.45, 7) is 9.84. The minimum Gasteiger partial charge on any atom is -0.369 e. The van der Waals surface area contributed by atoms with Crippen molar-refractivity contribution in [2.45, 2.75) is 52.7 Å². The first-order chi connectivity index (χ1) is 8.07. The van der Waals surface area contributed by atoms with E-state index in [0.717, 1.165) is 30.9 Å². The van der Waals surface area contributed by atoms with E-state index in [1.165, 1.54) is 0 Å². The van der Waals surface area contributed by atoms with E-state index < -0.39 is 0 Å². The van der Waals surface area contributed by atoms with E-state index in [9.17, 15) is 0 Å². The molecule has 1 aromatic heterocycles. The lowest BCUT2D eigenvalue weighted by atomic mass is 10.1. The van der Waals surface area contributed by atoms with Gasteiger partial charge in [-0.05, 0) is 26.7 Å². The number of nitrogens with one attached hydrogen (secondary N) is 1. The minimum atomic E-state index is -0.0964. The normalized spacial score (nSPS) is 11.5. The van der Waals surface area contributed by atoms with Crippen molar-refractivity contribution in [2.24, 2.45) is 0 Å². The van der Waals surface area contributed by atoms with E-state index >= 15 is 0 Å². The summed E-state index contributed by atoms with van der Waals surface area (Å²) in [5.74, 6) is 0.824. The highest BCUT2D eigenvalue weighted by Crippen LogP contribution is 2.15. The van der Waals surface area contributed by atoms with Crippen LogP contribution in [-0.4, -0.2) is 22.1 Å². The third-order valence-electron chi connectivity index (χ3n) is 2.72. The van der Waals surface area contributed by atoms with E-state index in [1.807, 2.05) is 0 Å². The van der Waals surface area contributed by atoms with Gasteiger partial charge in [0.25, 0.3) is 0 Å². The monoisotopic (exact) mass is 237 g/mol. The number of rotatable bonds is 7. The molecule has 0 saturated carbocycles. The molecular formula is C13H23N3O. The van der Waals surface area contributed by atoms with Crippen LogP contribution < -0.4 is 5.32 Å². The van der Waals surface area contributed by atoms with Gasteiger partial charge in [0, 0.05) is 6.54 Å². The summed E-state index contributed by atoms with van der Waals surface area (Å²) in [4.78, 5) is 8.61. The Labute approximate surface area is 104 Å². The zero-order valence-corrected chi connectivity index (χ0v) is 11.3. The molecule has 1 rings (SSSR count). The first-order valence-corrected chi connectivity index (χ1v) is 6.26. The van der Waals surface area contributed by atoms with Gasteiger partial charge in [-0.25, -0.2) is 4.98 Å². The molecule has 0 unspecified atom stereocenters. The Balaban J connectivity index is 2.45. The van der Waals surface area contributed by atoms with Crippen molar-refractivity contribution in [3.8, 4) is 0 Å². The van der Waals surface area contributed by atoms with Crippen LogP contribution in [0, 0.1) is 0 Å². The summed E-state index contributed by atoms with van der Waals surface area (Å²) in [5, 5.41) is 3.19. The zero-order chi connectivity index (χ0) is 12.7. The second-order valence-electron chi connectivity index (χ2n) is 4.72. The third kappa shape index (κ3) is 5.13. The molecular weight excluding hydrogens is 214 g/mol. The van der Waals surface area contributed by atoms with Crippen molar-refractivity contribution in [2.75, 3.05) is 11.9 Å². The lowest BCUT2D eigenvalue weighted by Gasteiger charge is -2.23. The van der Waals surface area contributed by atoms with Crippen LogP contribution in [0.3, 0.4) is 0 Å². The predicted molar refractivity (Wildman–Crippen MR) is 70.0 cm³/mol. The van der Waals surface area contributed by atoms with Crippen molar-refractivity contribution in [3.05, 3.63) is 18.1 Å². The number of hydrogen-bond acceptors (Lipinski definition) is 4. The maximum absolute atomic E-state index is 5.76.